The third-order valence-corrected chi connectivity index (χ3v) is 1.99. The molecule has 0 saturated heterocycles. The van der Waals surface area contributed by atoms with Gasteiger partial charge in [-0.2, -0.15) is 23.4 Å². The van der Waals surface area contributed by atoms with Crippen molar-refractivity contribution in [2.45, 2.75) is 12.6 Å². The molecular weight excluding hydrogens is 205 g/mol. The summed E-state index contributed by atoms with van der Waals surface area (Å²) in [5.74, 6) is 0. The second-order valence-corrected chi connectivity index (χ2v) is 3.22. The van der Waals surface area contributed by atoms with Gasteiger partial charge in [0, 0.05) is 5.39 Å². The Bertz CT molecular complexity index is 479. The van der Waals surface area contributed by atoms with E-state index in [9.17, 15) is 13.2 Å². The van der Waals surface area contributed by atoms with Crippen LogP contribution in [0.3, 0.4) is 0 Å². The summed E-state index contributed by atoms with van der Waals surface area (Å²) >= 11 is 0. The topological polar surface area (TPSA) is 25.8 Å². The smallest absolute Gasteiger partial charge is 0.171 e. The summed E-state index contributed by atoms with van der Waals surface area (Å²) in [6, 6.07) is 6.19. The number of halogens is 3. The summed E-state index contributed by atoms with van der Waals surface area (Å²) in [6.07, 6.45) is -3.61. The van der Waals surface area contributed by atoms with Gasteiger partial charge in [0.1, 0.15) is 0 Å². The predicted octanol–water partition coefficient (Wildman–Crippen LogP) is 2.73. The van der Waals surface area contributed by atoms with Crippen molar-refractivity contribution < 1.29 is 13.2 Å². The molecule has 0 saturated carbocycles. The largest absolute Gasteiger partial charge is 0.393 e. The average molecular weight is 212 g/mol. The van der Waals surface area contributed by atoms with Crippen molar-refractivity contribution in [2.75, 3.05) is 0 Å². The fourth-order valence-corrected chi connectivity index (χ4v) is 1.37. The quantitative estimate of drug-likeness (QED) is 0.726. The van der Waals surface area contributed by atoms with E-state index in [4.69, 9.17) is 0 Å². The number of hydrogen-bond donors (Lipinski definition) is 0. The van der Waals surface area contributed by atoms with Gasteiger partial charge in [0.25, 0.3) is 0 Å². The maximum atomic E-state index is 12.1. The fourth-order valence-electron chi connectivity index (χ4n) is 1.37. The second-order valence-electron chi connectivity index (χ2n) is 3.22. The monoisotopic (exact) mass is 212 g/mol. The van der Waals surface area contributed by atoms with Crippen LogP contribution in [0.15, 0.2) is 30.5 Å². The Balaban J connectivity index is 2.39. The number of rotatable bonds is 1. The molecule has 1 aromatic carbocycles. The highest BCUT2D eigenvalue weighted by molar-refractivity contribution is 5.78. The molecule has 1 heterocycles. The van der Waals surface area contributed by atoms with Gasteiger partial charge >= 0.3 is 6.18 Å². The van der Waals surface area contributed by atoms with Crippen LogP contribution in [0, 0.1) is 0 Å². The molecule has 1 aromatic heterocycles. The maximum Gasteiger partial charge on any atom is 0.393 e. The first-order valence-corrected chi connectivity index (χ1v) is 4.32. The van der Waals surface area contributed by atoms with Gasteiger partial charge in [-0.25, -0.2) is 0 Å². The molecule has 0 aliphatic rings. The minimum atomic E-state index is -4.18. The van der Waals surface area contributed by atoms with Crippen molar-refractivity contribution in [1.29, 1.82) is 0 Å². The van der Waals surface area contributed by atoms with E-state index in [0.717, 1.165) is 5.39 Å². The van der Waals surface area contributed by atoms with E-state index < -0.39 is 12.6 Å². The number of aromatic nitrogens is 2. The third kappa shape index (κ3) is 2.43. The van der Waals surface area contributed by atoms with Crippen LogP contribution in [0.1, 0.15) is 5.56 Å². The van der Waals surface area contributed by atoms with Gasteiger partial charge < -0.3 is 0 Å². The molecule has 0 spiro atoms. The van der Waals surface area contributed by atoms with Gasteiger partial charge in [-0.05, 0) is 17.7 Å². The highest BCUT2D eigenvalue weighted by Gasteiger charge is 2.27. The van der Waals surface area contributed by atoms with E-state index in [1.165, 1.54) is 18.3 Å². The van der Waals surface area contributed by atoms with Gasteiger partial charge in [0.15, 0.2) is 0 Å². The molecule has 78 valence electrons. The molecule has 0 atom stereocenters. The molecule has 5 heteroatoms. The number of fused-ring (bicyclic) bond motifs is 1. The molecule has 15 heavy (non-hydrogen) atoms. The summed E-state index contributed by atoms with van der Waals surface area (Å²) in [5, 5.41) is 8.16. The van der Waals surface area contributed by atoms with Crippen LogP contribution in [-0.2, 0) is 6.42 Å². The van der Waals surface area contributed by atoms with E-state index in [1.54, 1.807) is 12.1 Å². The van der Waals surface area contributed by atoms with E-state index in [-0.39, 0.29) is 5.56 Å². The number of nitrogens with zero attached hydrogens (tertiary/aromatic N) is 2. The highest BCUT2D eigenvalue weighted by Crippen LogP contribution is 2.22. The maximum absolute atomic E-state index is 12.1. The zero-order chi connectivity index (χ0) is 10.9. The van der Waals surface area contributed by atoms with E-state index in [0.29, 0.717) is 5.52 Å². The molecule has 0 amide bonds. The predicted molar refractivity (Wildman–Crippen MR) is 49.3 cm³/mol. The normalized spacial score (nSPS) is 11.9. The summed E-state index contributed by atoms with van der Waals surface area (Å²) in [5.41, 5.74) is 0.690. The second kappa shape index (κ2) is 3.49. The number of benzene rings is 1. The van der Waals surface area contributed by atoms with Crippen molar-refractivity contribution in [2.24, 2.45) is 0 Å². The van der Waals surface area contributed by atoms with Crippen molar-refractivity contribution in [3.63, 3.8) is 0 Å². The molecule has 2 rings (SSSR count). The van der Waals surface area contributed by atoms with E-state index in [2.05, 4.69) is 10.2 Å². The van der Waals surface area contributed by atoms with Crippen molar-refractivity contribution >= 4 is 10.9 Å². The van der Waals surface area contributed by atoms with Crippen LogP contribution in [0.2, 0.25) is 0 Å². The molecule has 0 unspecified atom stereocenters. The third-order valence-electron chi connectivity index (χ3n) is 1.99. The molecular formula is C10H7F3N2. The van der Waals surface area contributed by atoms with Crippen LogP contribution in [-0.4, -0.2) is 16.4 Å². The lowest BCUT2D eigenvalue weighted by Crippen LogP contribution is -2.11. The minimum absolute atomic E-state index is 0.204. The van der Waals surface area contributed by atoms with Gasteiger partial charge in [0.2, 0.25) is 0 Å². The summed E-state index contributed by atoms with van der Waals surface area (Å²) < 4.78 is 36.3. The van der Waals surface area contributed by atoms with Crippen molar-refractivity contribution in [1.82, 2.24) is 10.2 Å². The molecule has 0 aliphatic carbocycles. The molecule has 0 fully saturated rings. The Morgan fingerprint density at radius 2 is 1.93 bits per heavy atom. The van der Waals surface area contributed by atoms with Gasteiger partial charge in [0.05, 0.1) is 18.1 Å². The SMILES string of the molecule is FC(F)(F)Cc1ccc2ccnnc2c1. The standard InChI is InChI=1S/C10H7F3N2/c11-10(12,13)6-7-1-2-8-3-4-14-15-9(8)5-7/h1-5H,6H2. The molecule has 0 bridgehead atoms. The highest BCUT2D eigenvalue weighted by atomic mass is 19.4. The van der Waals surface area contributed by atoms with Crippen LogP contribution in [0.25, 0.3) is 10.9 Å². The first-order chi connectivity index (χ1) is 7.04. The Kier molecular flexibility index (Phi) is 2.30. The molecule has 2 nitrogen and oxygen atoms in total. The zero-order valence-electron chi connectivity index (χ0n) is 7.62. The number of hydrogen-bond acceptors (Lipinski definition) is 2. The summed E-state index contributed by atoms with van der Waals surface area (Å²) in [6.45, 7) is 0. The lowest BCUT2D eigenvalue weighted by Gasteiger charge is -2.06. The fraction of sp³-hybridized carbons (Fsp3) is 0.200. The first kappa shape index (κ1) is 9.89. The van der Waals surface area contributed by atoms with E-state index in [1.807, 2.05) is 0 Å². The van der Waals surface area contributed by atoms with Crippen LogP contribution in [0.4, 0.5) is 13.2 Å². The van der Waals surface area contributed by atoms with Crippen molar-refractivity contribution in [3.05, 3.63) is 36.0 Å². The van der Waals surface area contributed by atoms with Crippen LogP contribution in [0.5, 0.6) is 0 Å². The Hall–Kier alpha value is -1.65. The molecule has 0 N–H and O–H groups in total. The average Bonchev–Trinajstić information content (AvgIpc) is 2.15. The van der Waals surface area contributed by atoms with Gasteiger partial charge in [-0.3, -0.25) is 0 Å². The first-order valence-electron chi connectivity index (χ1n) is 4.32. The number of alkyl halides is 3. The van der Waals surface area contributed by atoms with Gasteiger partial charge in [-0.15, -0.1) is 0 Å². The molecule has 0 radical (unpaired) electrons. The lowest BCUT2D eigenvalue weighted by atomic mass is 10.1. The summed E-state index contributed by atoms with van der Waals surface area (Å²) in [7, 11) is 0. The van der Waals surface area contributed by atoms with Gasteiger partial charge in [-0.1, -0.05) is 12.1 Å². The zero-order valence-corrected chi connectivity index (χ0v) is 7.62. The van der Waals surface area contributed by atoms with Crippen LogP contribution < -0.4 is 0 Å². The van der Waals surface area contributed by atoms with Crippen LogP contribution >= 0.6 is 0 Å². The minimum Gasteiger partial charge on any atom is -0.171 e. The molecule has 0 aliphatic heterocycles. The Morgan fingerprint density at radius 3 is 2.67 bits per heavy atom. The van der Waals surface area contributed by atoms with Crippen molar-refractivity contribution in [3.8, 4) is 0 Å². The Labute approximate surface area is 83.7 Å². The lowest BCUT2D eigenvalue weighted by molar-refractivity contribution is -0.127. The van der Waals surface area contributed by atoms with E-state index >= 15 is 0 Å². The Morgan fingerprint density at radius 1 is 1.13 bits per heavy atom. The molecule has 2 aromatic rings. The summed E-state index contributed by atoms with van der Waals surface area (Å²) in [4.78, 5) is 0.